The Balaban J connectivity index is 1.71. The van der Waals surface area contributed by atoms with Crippen LogP contribution in [0.5, 0.6) is 0 Å². The molecule has 0 unspecified atom stereocenters. The molecule has 3 rings (SSSR count). The molecule has 2 aromatic carbocycles. The van der Waals surface area contributed by atoms with Crippen LogP contribution in [0.2, 0.25) is 0 Å². The Labute approximate surface area is 137 Å². The number of nitrogens with one attached hydrogen (secondary N) is 1. The lowest BCUT2D eigenvalue weighted by Gasteiger charge is -2.14. The van der Waals surface area contributed by atoms with Crippen LogP contribution in [0.25, 0.3) is 6.08 Å². The fourth-order valence-corrected chi connectivity index (χ4v) is 2.91. The van der Waals surface area contributed by atoms with E-state index in [9.17, 15) is 14.0 Å². The van der Waals surface area contributed by atoms with Crippen molar-refractivity contribution in [3.05, 3.63) is 70.9 Å². The van der Waals surface area contributed by atoms with E-state index in [1.165, 1.54) is 12.1 Å². The van der Waals surface area contributed by atoms with Crippen molar-refractivity contribution in [1.82, 2.24) is 4.90 Å². The summed E-state index contributed by atoms with van der Waals surface area (Å²) in [6.45, 7) is 0.107. The van der Waals surface area contributed by atoms with E-state index in [0.717, 1.165) is 22.3 Å². The van der Waals surface area contributed by atoms with Gasteiger partial charge in [0.1, 0.15) is 5.82 Å². The molecule has 0 radical (unpaired) electrons. The molecule has 4 nitrogen and oxygen atoms in total. The molecule has 23 heavy (non-hydrogen) atoms. The normalized spacial score (nSPS) is 16.2. The summed E-state index contributed by atoms with van der Waals surface area (Å²) < 4.78 is 12.9. The highest BCUT2D eigenvalue weighted by molar-refractivity contribution is 8.18. The number of carbonyl (C=O) groups is 2. The Morgan fingerprint density at radius 3 is 2.43 bits per heavy atom. The number of hydrogen-bond donors (Lipinski definition) is 1. The third-order valence-corrected chi connectivity index (χ3v) is 4.16. The highest BCUT2D eigenvalue weighted by Gasteiger charge is 2.34. The lowest BCUT2D eigenvalue weighted by atomic mass is 10.2. The second-order valence-corrected chi connectivity index (χ2v) is 5.86. The topological polar surface area (TPSA) is 49.4 Å². The molecule has 0 saturated carbocycles. The predicted octanol–water partition coefficient (Wildman–Crippen LogP) is 3.93. The van der Waals surface area contributed by atoms with E-state index >= 15 is 0 Å². The maximum atomic E-state index is 12.9. The van der Waals surface area contributed by atoms with Crippen molar-refractivity contribution in [2.75, 3.05) is 12.0 Å². The maximum Gasteiger partial charge on any atom is 0.295 e. The first-order valence-corrected chi connectivity index (χ1v) is 7.75. The molecule has 0 atom stereocenters. The number of imide groups is 1. The van der Waals surface area contributed by atoms with Gasteiger partial charge in [-0.1, -0.05) is 30.3 Å². The summed E-state index contributed by atoms with van der Waals surface area (Å²) in [7, 11) is 0. The molecule has 1 aliphatic rings. The summed E-state index contributed by atoms with van der Waals surface area (Å²) in [5, 5.41) is 2.71. The Morgan fingerprint density at radius 2 is 1.74 bits per heavy atom. The van der Waals surface area contributed by atoms with Gasteiger partial charge in [0.15, 0.2) is 0 Å². The van der Waals surface area contributed by atoms with Gasteiger partial charge < -0.3 is 5.32 Å². The van der Waals surface area contributed by atoms with Crippen molar-refractivity contribution in [1.29, 1.82) is 0 Å². The Hall–Kier alpha value is -2.60. The molecule has 0 aromatic heterocycles. The van der Waals surface area contributed by atoms with Gasteiger partial charge in [-0.15, -0.1) is 0 Å². The van der Waals surface area contributed by atoms with E-state index in [2.05, 4.69) is 5.32 Å². The molecule has 1 fully saturated rings. The summed E-state index contributed by atoms with van der Waals surface area (Å²) in [6, 6.07) is 15.1. The van der Waals surface area contributed by atoms with Crippen LogP contribution in [0, 0.1) is 5.82 Å². The van der Waals surface area contributed by atoms with Crippen LogP contribution >= 0.6 is 11.8 Å². The zero-order valence-corrected chi connectivity index (χ0v) is 12.8. The van der Waals surface area contributed by atoms with Gasteiger partial charge in [-0.25, -0.2) is 4.39 Å². The van der Waals surface area contributed by atoms with Crippen LogP contribution in [-0.2, 0) is 4.79 Å². The average Bonchev–Trinajstić information content (AvgIpc) is 2.82. The van der Waals surface area contributed by atoms with Gasteiger partial charge in [-0.3, -0.25) is 14.5 Å². The molecule has 1 N–H and O–H groups in total. The smallest absolute Gasteiger partial charge is 0.295 e. The molecular formula is C17H13FN2O2S. The predicted molar refractivity (Wildman–Crippen MR) is 89.1 cm³/mol. The zero-order chi connectivity index (χ0) is 16.2. The number of benzene rings is 2. The Morgan fingerprint density at radius 1 is 1.04 bits per heavy atom. The number of hydrogen-bond acceptors (Lipinski definition) is 4. The first-order chi connectivity index (χ1) is 11.1. The van der Waals surface area contributed by atoms with Gasteiger partial charge in [-0.05, 0) is 47.7 Å². The van der Waals surface area contributed by atoms with Gasteiger partial charge in [0.2, 0.25) is 0 Å². The lowest BCUT2D eigenvalue weighted by Crippen LogP contribution is -2.33. The molecule has 1 saturated heterocycles. The highest BCUT2D eigenvalue weighted by Crippen LogP contribution is 2.32. The van der Waals surface area contributed by atoms with E-state index in [-0.39, 0.29) is 23.6 Å². The van der Waals surface area contributed by atoms with Crippen LogP contribution in [0.3, 0.4) is 0 Å². The summed E-state index contributed by atoms with van der Waals surface area (Å²) in [4.78, 5) is 25.8. The number of nitrogens with zero attached hydrogens (tertiary/aromatic N) is 1. The second kappa shape index (κ2) is 6.66. The minimum atomic E-state index is -0.354. The quantitative estimate of drug-likeness (QED) is 0.864. The van der Waals surface area contributed by atoms with Gasteiger partial charge >= 0.3 is 0 Å². The molecule has 0 spiro atoms. The summed E-state index contributed by atoms with van der Waals surface area (Å²) in [6.07, 6.45) is 1.59. The number of halogens is 1. The van der Waals surface area contributed by atoms with Crippen LogP contribution in [0.1, 0.15) is 5.56 Å². The van der Waals surface area contributed by atoms with Gasteiger partial charge in [0.25, 0.3) is 11.1 Å². The molecule has 2 amide bonds. The standard InChI is InChI=1S/C17H13FN2O2S/c18-13-8-6-12(7-9-13)10-15-16(21)20(17(22)23-15)11-19-14-4-2-1-3-5-14/h1-10,19H,11H2/b15-10+. The van der Waals surface area contributed by atoms with Crippen LogP contribution in [0.15, 0.2) is 59.5 Å². The number of thioether (sulfide) groups is 1. The van der Waals surface area contributed by atoms with Crippen LogP contribution in [0.4, 0.5) is 14.9 Å². The first-order valence-electron chi connectivity index (χ1n) is 6.93. The minimum Gasteiger partial charge on any atom is -0.367 e. The number of carbonyl (C=O) groups excluding carboxylic acids is 2. The highest BCUT2D eigenvalue weighted by atomic mass is 32.2. The van der Waals surface area contributed by atoms with E-state index < -0.39 is 0 Å². The molecule has 0 aliphatic carbocycles. The Kier molecular flexibility index (Phi) is 4.43. The summed E-state index contributed by atoms with van der Waals surface area (Å²) >= 11 is 0.881. The van der Waals surface area contributed by atoms with Crippen molar-refractivity contribution in [2.45, 2.75) is 0 Å². The van der Waals surface area contributed by atoms with Crippen LogP contribution in [-0.4, -0.2) is 22.7 Å². The molecule has 6 heteroatoms. The Bertz CT molecular complexity index is 760. The van der Waals surface area contributed by atoms with E-state index in [1.54, 1.807) is 18.2 Å². The fourth-order valence-electron chi connectivity index (χ4n) is 2.07. The largest absolute Gasteiger partial charge is 0.367 e. The first kappa shape index (κ1) is 15.3. The van der Waals surface area contributed by atoms with E-state index in [1.807, 2.05) is 30.3 Å². The fraction of sp³-hybridized carbons (Fsp3) is 0.0588. The number of rotatable bonds is 4. The summed E-state index contributed by atoms with van der Waals surface area (Å²) in [5.74, 6) is -0.699. The van der Waals surface area contributed by atoms with Crippen molar-refractivity contribution in [3.8, 4) is 0 Å². The third kappa shape index (κ3) is 3.60. The molecule has 2 aromatic rings. The third-order valence-electron chi connectivity index (χ3n) is 3.26. The second-order valence-electron chi connectivity index (χ2n) is 4.86. The number of para-hydroxylation sites is 1. The van der Waals surface area contributed by atoms with E-state index in [4.69, 9.17) is 0 Å². The molecule has 116 valence electrons. The van der Waals surface area contributed by atoms with E-state index in [0.29, 0.717) is 10.5 Å². The summed E-state index contributed by atoms with van der Waals surface area (Å²) in [5.41, 5.74) is 1.50. The minimum absolute atomic E-state index is 0.107. The van der Waals surface area contributed by atoms with Crippen LogP contribution < -0.4 is 5.32 Å². The number of amides is 2. The maximum absolute atomic E-state index is 12.9. The molecule has 1 aliphatic heterocycles. The average molecular weight is 328 g/mol. The van der Waals surface area contributed by atoms with Crippen molar-refractivity contribution < 1.29 is 14.0 Å². The van der Waals surface area contributed by atoms with Crippen molar-refractivity contribution in [3.63, 3.8) is 0 Å². The molecule has 1 heterocycles. The SMILES string of the molecule is O=C1S/C(=C/c2ccc(F)cc2)C(=O)N1CNc1ccccc1. The zero-order valence-electron chi connectivity index (χ0n) is 12.0. The molecule has 0 bridgehead atoms. The van der Waals surface area contributed by atoms with Gasteiger partial charge in [-0.2, -0.15) is 0 Å². The van der Waals surface area contributed by atoms with Gasteiger partial charge in [0.05, 0.1) is 11.6 Å². The van der Waals surface area contributed by atoms with Crippen molar-refractivity contribution >= 4 is 34.7 Å². The van der Waals surface area contributed by atoms with Crippen molar-refractivity contribution in [2.24, 2.45) is 0 Å². The lowest BCUT2D eigenvalue weighted by molar-refractivity contribution is -0.122. The number of anilines is 1. The molecular weight excluding hydrogens is 315 g/mol. The monoisotopic (exact) mass is 328 g/mol. The van der Waals surface area contributed by atoms with Gasteiger partial charge in [0, 0.05) is 5.69 Å².